The Balaban J connectivity index is 2.47. The van der Waals surface area contributed by atoms with Gasteiger partial charge < -0.3 is 0 Å². The number of allylic oxidation sites excluding steroid dienone is 1. The third-order valence-electron chi connectivity index (χ3n) is 2.27. The number of Topliss-reactive ketones (excluding diaryl/α,β-unsaturated/α-hetero) is 1. The molecule has 1 aliphatic rings. The average Bonchev–Trinajstić information content (AvgIpc) is 2.07. The maximum Gasteiger partial charge on any atom is 0.162 e. The highest BCUT2D eigenvalue weighted by Gasteiger charge is 2.17. The summed E-state index contributed by atoms with van der Waals surface area (Å²) in [5.41, 5.74) is 3.16. The van der Waals surface area contributed by atoms with Crippen molar-refractivity contribution in [3.8, 4) is 0 Å². The fourth-order valence-electron chi connectivity index (χ4n) is 1.53. The number of hydrogen-bond acceptors (Lipinski definition) is 1. The predicted octanol–water partition coefficient (Wildman–Crippen LogP) is 1.91. The van der Waals surface area contributed by atoms with Crippen LogP contribution in [0.5, 0.6) is 0 Å². The first-order valence-electron chi connectivity index (χ1n) is 4.05. The Labute approximate surface area is 71.7 Å². The van der Waals surface area contributed by atoms with Crippen molar-refractivity contribution < 1.29 is 4.79 Å². The second kappa shape index (κ2) is 2.59. The molecule has 60 valence electrons. The standard InChI is InChI=1S/C11H10O/c1-8-6-9-4-2-3-5-10(9)7-11(8)12/h2-5H,1,6-7H2. The van der Waals surface area contributed by atoms with Crippen molar-refractivity contribution >= 4 is 5.78 Å². The lowest BCUT2D eigenvalue weighted by Crippen LogP contribution is -2.15. The lowest BCUT2D eigenvalue weighted by Gasteiger charge is -2.15. The van der Waals surface area contributed by atoms with Gasteiger partial charge in [-0.05, 0) is 16.7 Å². The van der Waals surface area contributed by atoms with Gasteiger partial charge >= 0.3 is 0 Å². The molecule has 0 atom stereocenters. The largest absolute Gasteiger partial charge is 0.294 e. The zero-order valence-corrected chi connectivity index (χ0v) is 6.84. The fraction of sp³-hybridized carbons (Fsp3) is 0.182. The van der Waals surface area contributed by atoms with Crippen molar-refractivity contribution in [2.24, 2.45) is 0 Å². The molecular formula is C11H10O. The molecule has 1 aromatic rings. The summed E-state index contributed by atoms with van der Waals surface area (Å²) in [4.78, 5) is 11.3. The fourth-order valence-corrected chi connectivity index (χ4v) is 1.53. The second-order valence-corrected chi connectivity index (χ2v) is 3.15. The predicted molar refractivity (Wildman–Crippen MR) is 48.0 cm³/mol. The minimum absolute atomic E-state index is 0.189. The molecule has 0 amide bonds. The smallest absolute Gasteiger partial charge is 0.162 e. The molecule has 0 spiro atoms. The molecule has 0 fully saturated rings. The summed E-state index contributed by atoms with van der Waals surface area (Å²) in [5, 5.41) is 0. The Hall–Kier alpha value is -1.37. The first kappa shape index (κ1) is 7.29. The van der Waals surface area contributed by atoms with Gasteiger partial charge in [-0.15, -0.1) is 0 Å². The molecule has 0 N–H and O–H groups in total. The van der Waals surface area contributed by atoms with Crippen LogP contribution in [0.2, 0.25) is 0 Å². The molecule has 0 unspecified atom stereocenters. The molecule has 1 aliphatic carbocycles. The van der Waals surface area contributed by atoms with Crippen LogP contribution in [-0.4, -0.2) is 5.78 Å². The van der Waals surface area contributed by atoms with Gasteiger partial charge in [0.2, 0.25) is 0 Å². The van der Waals surface area contributed by atoms with Crippen LogP contribution in [-0.2, 0) is 17.6 Å². The van der Waals surface area contributed by atoms with Gasteiger partial charge in [0.25, 0.3) is 0 Å². The first-order valence-corrected chi connectivity index (χ1v) is 4.05. The monoisotopic (exact) mass is 158 g/mol. The number of carbonyl (C=O) groups is 1. The highest BCUT2D eigenvalue weighted by atomic mass is 16.1. The van der Waals surface area contributed by atoms with E-state index in [2.05, 4.69) is 12.6 Å². The van der Waals surface area contributed by atoms with Crippen LogP contribution in [0.3, 0.4) is 0 Å². The Bertz CT molecular complexity index is 315. The van der Waals surface area contributed by atoms with E-state index in [9.17, 15) is 4.79 Å². The topological polar surface area (TPSA) is 17.1 Å². The summed E-state index contributed by atoms with van der Waals surface area (Å²) in [6, 6.07) is 8.05. The zero-order valence-electron chi connectivity index (χ0n) is 6.84. The third kappa shape index (κ3) is 1.07. The van der Waals surface area contributed by atoms with E-state index >= 15 is 0 Å². The minimum Gasteiger partial charge on any atom is -0.294 e. The van der Waals surface area contributed by atoms with Gasteiger partial charge in [-0.2, -0.15) is 0 Å². The normalized spacial score (nSPS) is 16.0. The molecule has 1 nitrogen and oxygen atoms in total. The molecule has 0 saturated carbocycles. The van der Waals surface area contributed by atoms with E-state index in [4.69, 9.17) is 0 Å². The van der Waals surface area contributed by atoms with Gasteiger partial charge in [0.1, 0.15) is 0 Å². The third-order valence-corrected chi connectivity index (χ3v) is 2.27. The molecule has 0 saturated heterocycles. The maximum absolute atomic E-state index is 11.3. The number of benzene rings is 1. The Morgan fingerprint density at radius 2 is 1.67 bits per heavy atom. The molecule has 0 aromatic heterocycles. The average molecular weight is 158 g/mol. The number of fused-ring (bicyclic) bond motifs is 1. The molecular weight excluding hydrogens is 148 g/mol. The Morgan fingerprint density at radius 3 is 2.33 bits per heavy atom. The molecule has 1 aromatic carbocycles. The van der Waals surface area contributed by atoms with Crippen LogP contribution in [0.1, 0.15) is 11.1 Å². The minimum atomic E-state index is 0.189. The van der Waals surface area contributed by atoms with Crippen LogP contribution >= 0.6 is 0 Å². The van der Waals surface area contributed by atoms with E-state index in [0.29, 0.717) is 6.42 Å². The Kier molecular flexibility index (Phi) is 1.58. The summed E-state index contributed by atoms with van der Waals surface area (Å²) in [7, 11) is 0. The number of carbonyl (C=O) groups excluding carboxylic acids is 1. The molecule has 0 heterocycles. The van der Waals surface area contributed by atoms with Crippen LogP contribution in [0.4, 0.5) is 0 Å². The van der Waals surface area contributed by atoms with E-state index in [0.717, 1.165) is 17.6 Å². The van der Waals surface area contributed by atoms with Gasteiger partial charge in [-0.1, -0.05) is 30.8 Å². The van der Waals surface area contributed by atoms with Crippen molar-refractivity contribution in [3.63, 3.8) is 0 Å². The van der Waals surface area contributed by atoms with Crippen molar-refractivity contribution in [1.82, 2.24) is 0 Å². The van der Waals surface area contributed by atoms with Crippen molar-refractivity contribution in [1.29, 1.82) is 0 Å². The van der Waals surface area contributed by atoms with Crippen LogP contribution < -0.4 is 0 Å². The molecule has 12 heavy (non-hydrogen) atoms. The number of hydrogen-bond donors (Lipinski definition) is 0. The van der Waals surface area contributed by atoms with Crippen molar-refractivity contribution in [2.45, 2.75) is 12.8 Å². The second-order valence-electron chi connectivity index (χ2n) is 3.15. The van der Waals surface area contributed by atoms with Gasteiger partial charge in [0.05, 0.1) is 0 Å². The highest BCUT2D eigenvalue weighted by Crippen LogP contribution is 2.20. The van der Waals surface area contributed by atoms with E-state index in [1.165, 1.54) is 5.56 Å². The lowest BCUT2D eigenvalue weighted by molar-refractivity contribution is -0.115. The summed E-state index contributed by atoms with van der Waals surface area (Å²) in [5.74, 6) is 0.189. The maximum atomic E-state index is 11.3. The Morgan fingerprint density at radius 1 is 1.08 bits per heavy atom. The van der Waals surface area contributed by atoms with Crippen LogP contribution in [0.15, 0.2) is 36.4 Å². The van der Waals surface area contributed by atoms with E-state index in [1.54, 1.807) is 0 Å². The molecule has 0 bridgehead atoms. The summed E-state index contributed by atoms with van der Waals surface area (Å²) in [6.45, 7) is 3.74. The lowest BCUT2D eigenvalue weighted by atomic mass is 9.88. The van der Waals surface area contributed by atoms with E-state index in [1.807, 2.05) is 18.2 Å². The van der Waals surface area contributed by atoms with Gasteiger partial charge in [-0.3, -0.25) is 4.79 Å². The van der Waals surface area contributed by atoms with Gasteiger partial charge in [0, 0.05) is 12.8 Å². The van der Waals surface area contributed by atoms with E-state index < -0.39 is 0 Å². The highest BCUT2D eigenvalue weighted by molar-refractivity contribution is 5.98. The quantitative estimate of drug-likeness (QED) is 0.527. The van der Waals surface area contributed by atoms with Crippen molar-refractivity contribution in [3.05, 3.63) is 47.5 Å². The van der Waals surface area contributed by atoms with Crippen LogP contribution in [0, 0.1) is 0 Å². The summed E-state index contributed by atoms with van der Waals surface area (Å²) in [6.07, 6.45) is 1.27. The van der Waals surface area contributed by atoms with E-state index in [-0.39, 0.29) is 5.78 Å². The number of rotatable bonds is 0. The summed E-state index contributed by atoms with van der Waals surface area (Å²) >= 11 is 0. The number of ketones is 1. The molecule has 1 heteroatoms. The molecule has 2 rings (SSSR count). The first-order chi connectivity index (χ1) is 5.77. The zero-order chi connectivity index (χ0) is 8.55. The molecule has 0 radical (unpaired) electrons. The van der Waals surface area contributed by atoms with Gasteiger partial charge in [-0.25, -0.2) is 0 Å². The molecule has 0 aliphatic heterocycles. The van der Waals surface area contributed by atoms with Crippen molar-refractivity contribution in [2.75, 3.05) is 0 Å². The van der Waals surface area contributed by atoms with Crippen LogP contribution in [0.25, 0.3) is 0 Å². The SMILES string of the molecule is C=C1Cc2ccccc2CC1=O. The summed E-state index contributed by atoms with van der Waals surface area (Å²) < 4.78 is 0. The van der Waals surface area contributed by atoms with Gasteiger partial charge in [0.15, 0.2) is 5.78 Å².